The fourth-order valence-corrected chi connectivity index (χ4v) is 3.83. The van der Waals surface area contributed by atoms with Crippen molar-refractivity contribution >= 4 is 0 Å². The van der Waals surface area contributed by atoms with Crippen molar-refractivity contribution in [2.45, 2.75) is 64.3 Å². The predicted molar refractivity (Wildman–Crippen MR) is 78.9 cm³/mol. The van der Waals surface area contributed by atoms with Crippen molar-refractivity contribution in [3.05, 3.63) is 0 Å². The Hall–Kier alpha value is -0.0800. The summed E-state index contributed by atoms with van der Waals surface area (Å²) in [6, 6.07) is 0.872. The quantitative estimate of drug-likeness (QED) is 0.773. The molecule has 0 aromatic heterocycles. The molecule has 0 aromatic carbocycles. The monoisotopic (exact) mass is 252 g/mol. The highest BCUT2D eigenvalue weighted by Crippen LogP contribution is 2.28. The zero-order valence-electron chi connectivity index (χ0n) is 12.5. The first kappa shape index (κ1) is 14.3. The van der Waals surface area contributed by atoms with E-state index in [1.165, 1.54) is 71.0 Å². The highest BCUT2D eigenvalue weighted by molar-refractivity contribution is 4.79. The van der Waals surface area contributed by atoms with Crippen LogP contribution in [-0.2, 0) is 0 Å². The van der Waals surface area contributed by atoms with Crippen molar-refractivity contribution in [3.63, 3.8) is 0 Å². The molecule has 1 saturated heterocycles. The maximum atomic E-state index is 3.47. The molecule has 0 bridgehead atoms. The molecular formula is C16H32N2. The lowest BCUT2D eigenvalue weighted by Crippen LogP contribution is -2.39. The average Bonchev–Trinajstić information content (AvgIpc) is 2.65. The fraction of sp³-hybridized carbons (Fsp3) is 1.00. The van der Waals surface area contributed by atoms with E-state index in [1.807, 2.05) is 0 Å². The summed E-state index contributed by atoms with van der Waals surface area (Å²) >= 11 is 0. The summed E-state index contributed by atoms with van der Waals surface area (Å²) in [4.78, 5) is 2.69. The zero-order chi connectivity index (χ0) is 12.8. The van der Waals surface area contributed by atoms with E-state index in [4.69, 9.17) is 0 Å². The molecular weight excluding hydrogens is 220 g/mol. The number of nitrogens with one attached hydrogen (secondary N) is 1. The van der Waals surface area contributed by atoms with E-state index in [1.54, 1.807) is 0 Å². The Bertz CT molecular complexity index is 223. The number of hydrogen-bond acceptors (Lipinski definition) is 2. The molecule has 2 heteroatoms. The van der Waals surface area contributed by atoms with E-state index < -0.39 is 0 Å². The highest BCUT2D eigenvalue weighted by atomic mass is 15.1. The van der Waals surface area contributed by atoms with Crippen LogP contribution in [0.15, 0.2) is 0 Å². The summed E-state index contributed by atoms with van der Waals surface area (Å²) in [6.07, 6.45) is 11.5. The van der Waals surface area contributed by atoms with E-state index in [0.717, 1.165) is 17.9 Å². The second-order valence-corrected chi connectivity index (χ2v) is 6.57. The maximum Gasteiger partial charge on any atom is 0.00924 e. The summed E-state index contributed by atoms with van der Waals surface area (Å²) < 4.78 is 0. The molecule has 2 rings (SSSR count). The van der Waals surface area contributed by atoms with Crippen molar-refractivity contribution in [3.8, 4) is 0 Å². The van der Waals surface area contributed by atoms with Gasteiger partial charge < -0.3 is 10.2 Å². The number of piperidine rings is 1. The Balaban J connectivity index is 1.75. The number of rotatable bonds is 4. The van der Waals surface area contributed by atoms with Gasteiger partial charge in [0, 0.05) is 12.6 Å². The third kappa shape index (κ3) is 4.24. The molecule has 18 heavy (non-hydrogen) atoms. The SMILES string of the molecule is CCC1CCCC(N(C)CC2CCNCC2)CC1. The molecule has 0 spiro atoms. The van der Waals surface area contributed by atoms with Crippen LogP contribution in [0.3, 0.4) is 0 Å². The van der Waals surface area contributed by atoms with Crippen molar-refractivity contribution in [2.75, 3.05) is 26.7 Å². The first-order chi connectivity index (χ1) is 8.79. The van der Waals surface area contributed by atoms with Gasteiger partial charge in [0.25, 0.3) is 0 Å². The Kier molecular flexibility index (Phi) is 5.97. The largest absolute Gasteiger partial charge is 0.317 e. The maximum absolute atomic E-state index is 3.47. The van der Waals surface area contributed by atoms with Gasteiger partial charge in [0.1, 0.15) is 0 Å². The van der Waals surface area contributed by atoms with Crippen LogP contribution in [0.4, 0.5) is 0 Å². The van der Waals surface area contributed by atoms with Gasteiger partial charge in [0.2, 0.25) is 0 Å². The van der Waals surface area contributed by atoms with Crippen molar-refractivity contribution in [1.82, 2.24) is 10.2 Å². The van der Waals surface area contributed by atoms with Crippen LogP contribution in [0.1, 0.15) is 58.3 Å². The summed E-state index contributed by atoms with van der Waals surface area (Å²) in [7, 11) is 2.37. The highest BCUT2D eigenvalue weighted by Gasteiger charge is 2.23. The van der Waals surface area contributed by atoms with Gasteiger partial charge in [-0.2, -0.15) is 0 Å². The lowest BCUT2D eigenvalue weighted by molar-refractivity contribution is 0.171. The van der Waals surface area contributed by atoms with Crippen LogP contribution in [0.5, 0.6) is 0 Å². The molecule has 2 unspecified atom stereocenters. The first-order valence-electron chi connectivity index (χ1n) is 8.20. The molecule has 0 amide bonds. The van der Waals surface area contributed by atoms with Crippen LogP contribution >= 0.6 is 0 Å². The third-order valence-corrected chi connectivity index (χ3v) is 5.26. The van der Waals surface area contributed by atoms with Crippen LogP contribution in [0, 0.1) is 11.8 Å². The van der Waals surface area contributed by atoms with Gasteiger partial charge in [-0.05, 0) is 64.1 Å². The van der Waals surface area contributed by atoms with Crippen LogP contribution in [0.2, 0.25) is 0 Å². The van der Waals surface area contributed by atoms with Gasteiger partial charge in [-0.15, -0.1) is 0 Å². The lowest BCUT2D eigenvalue weighted by atomic mass is 9.95. The van der Waals surface area contributed by atoms with Crippen LogP contribution < -0.4 is 5.32 Å². The van der Waals surface area contributed by atoms with E-state index in [0.29, 0.717) is 0 Å². The van der Waals surface area contributed by atoms with Crippen molar-refractivity contribution in [2.24, 2.45) is 11.8 Å². The van der Waals surface area contributed by atoms with Crippen LogP contribution in [-0.4, -0.2) is 37.6 Å². The average molecular weight is 252 g/mol. The molecule has 1 aliphatic heterocycles. The number of nitrogens with zero attached hydrogens (tertiary/aromatic N) is 1. The smallest absolute Gasteiger partial charge is 0.00924 e. The van der Waals surface area contributed by atoms with E-state index in [-0.39, 0.29) is 0 Å². The Morgan fingerprint density at radius 2 is 1.72 bits per heavy atom. The minimum absolute atomic E-state index is 0.872. The topological polar surface area (TPSA) is 15.3 Å². The van der Waals surface area contributed by atoms with Crippen LogP contribution in [0.25, 0.3) is 0 Å². The molecule has 106 valence electrons. The second kappa shape index (κ2) is 7.49. The van der Waals surface area contributed by atoms with E-state index >= 15 is 0 Å². The Morgan fingerprint density at radius 3 is 2.44 bits per heavy atom. The number of hydrogen-bond donors (Lipinski definition) is 1. The fourth-order valence-electron chi connectivity index (χ4n) is 3.83. The van der Waals surface area contributed by atoms with Gasteiger partial charge in [-0.1, -0.05) is 26.2 Å². The summed E-state index contributed by atoms with van der Waals surface area (Å²) in [5.74, 6) is 1.96. The zero-order valence-corrected chi connectivity index (χ0v) is 12.5. The van der Waals surface area contributed by atoms with E-state index in [2.05, 4.69) is 24.2 Å². The Morgan fingerprint density at radius 1 is 0.944 bits per heavy atom. The molecule has 1 saturated carbocycles. The van der Waals surface area contributed by atoms with Gasteiger partial charge in [-0.3, -0.25) is 0 Å². The van der Waals surface area contributed by atoms with Gasteiger partial charge in [0.05, 0.1) is 0 Å². The minimum atomic E-state index is 0.872. The molecule has 2 aliphatic rings. The molecule has 1 heterocycles. The first-order valence-corrected chi connectivity index (χ1v) is 8.20. The normalized spacial score (nSPS) is 31.5. The van der Waals surface area contributed by atoms with Gasteiger partial charge >= 0.3 is 0 Å². The summed E-state index contributed by atoms with van der Waals surface area (Å²) in [5.41, 5.74) is 0. The molecule has 0 radical (unpaired) electrons. The molecule has 2 nitrogen and oxygen atoms in total. The van der Waals surface area contributed by atoms with E-state index in [9.17, 15) is 0 Å². The van der Waals surface area contributed by atoms with Crippen molar-refractivity contribution < 1.29 is 0 Å². The Labute approximate surface area is 114 Å². The standard InChI is InChI=1S/C16H32N2/c1-3-14-5-4-6-16(8-7-14)18(2)13-15-9-11-17-12-10-15/h14-17H,3-13H2,1-2H3. The van der Waals surface area contributed by atoms with Gasteiger partial charge in [-0.25, -0.2) is 0 Å². The van der Waals surface area contributed by atoms with Crippen molar-refractivity contribution in [1.29, 1.82) is 0 Å². The molecule has 1 aliphatic carbocycles. The molecule has 2 atom stereocenters. The predicted octanol–water partition coefficient (Wildman–Crippen LogP) is 3.28. The minimum Gasteiger partial charge on any atom is -0.317 e. The van der Waals surface area contributed by atoms with Gasteiger partial charge in [0.15, 0.2) is 0 Å². The third-order valence-electron chi connectivity index (χ3n) is 5.26. The molecule has 1 N–H and O–H groups in total. The molecule has 0 aromatic rings. The summed E-state index contributed by atoms with van der Waals surface area (Å²) in [5, 5.41) is 3.47. The summed E-state index contributed by atoms with van der Waals surface area (Å²) in [6.45, 7) is 6.18. The second-order valence-electron chi connectivity index (χ2n) is 6.57. The lowest BCUT2D eigenvalue weighted by Gasteiger charge is -2.32. The molecule has 2 fully saturated rings.